The maximum Gasteiger partial charge on any atom is 0.228 e. The molecule has 1 aliphatic heterocycles. The molecule has 0 saturated carbocycles. The molecule has 0 bridgehead atoms. The van der Waals surface area contributed by atoms with Crippen LogP contribution in [0.25, 0.3) is 21.8 Å². The number of amides is 1. The second kappa shape index (κ2) is 8.81. The number of piperazine rings is 1. The summed E-state index contributed by atoms with van der Waals surface area (Å²) in [5, 5.41) is 16.2. The fraction of sp³-hybridized carbons (Fsp3) is 0.360. The van der Waals surface area contributed by atoms with Crippen molar-refractivity contribution in [1.29, 1.82) is 0 Å². The van der Waals surface area contributed by atoms with Gasteiger partial charge in [-0.1, -0.05) is 18.2 Å². The van der Waals surface area contributed by atoms with Crippen LogP contribution in [-0.4, -0.2) is 61.6 Å². The van der Waals surface area contributed by atoms with Crippen molar-refractivity contribution in [1.82, 2.24) is 24.4 Å². The molecule has 0 unspecified atom stereocenters. The van der Waals surface area contributed by atoms with Gasteiger partial charge in [-0.15, -0.1) is 0 Å². The molecule has 9 heteroatoms. The van der Waals surface area contributed by atoms with Gasteiger partial charge in [0.25, 0.3) is 0 Å². The number of pyridine rings is 1. The standard InChI is InChI=1S/C25H29N7O2/c1-16(2)32-15-20-22(24(32)34)28-25(31-10-8-30(9-11-31)17(3)33)29-23(20)27-14-18-12-19-6-4-5-7-21(19)26-13-18/h4-7,12-13,15-16,34H,8-11,14H2,1-3H3,(H,27,28,29). The summed E-state index contributed by atoms with van der Waals surface area (Å²) >= 11 is 0. The Hall–Kier alpha value is -3.88. The third-order valence-electron chi connectivity index (χ3n) is 6.33. The van der Waals surface area contributed by atoms with Gasteiger partial charge in [-0.05, 0) is 31.5 Å². The van der Waals surface area contributed by atoms with E-state index >= 15 is 0 Å². The highest BCUT2D eigenvalue weighted by atomic mass is 16.3. The average Bonchev–Trinajstić information content (AvgIpc) is 3.19. The van der Waals surface area contributed by atoms with Crippen LogP contribution < -0.4 is 10.2 Å². The number of para-hydroxylation sites is 1. The van der Waals surface area contributed by atoms with Crippen molar-refractivity contribution in [2.75, 3.05) is 36.4 Å². The lowest BCUT2D eigenvalue weighted by Crippen LogP contribution is -2.48. The number of benzene rings is 1. The van der Waals surface area contributed by atoms with E-state index in [9.17, 15) is 9.90 Å². The van der Waals surface area contributed by atoms with Crippen molar-refractivity contribution in [2.24, 2.45) is 0 Å². The van der Waals surface area contributed by atoms with Crippen molar-refractivity contribution in [2.45, 2.75) is 33.4 Å². The molecule has 1 amide bonds. The molecule has 1 saturated heterocycles. The molecule has 1 aromatic carbocycles. The van der Waals surface area contributed by atoms with Gasteiger partial charge in [-0.2, -0.15) is 4.98 Å². The molecule has 4 aromatic rings. The molecule has 0 spiro atoms. The molecule has 0 aliphatic carbocycles. The molecular weight excluding hydrogens is 430 g/mol. The van der Waals surface area contributed by atoms with E-state index < -0.39 is 0 Å². The SMILES string of the molecule is CC(=O)N1CCN(c2nc(NCc3cnc4ccccc4c3)c3cn(C(C)C)c(O)c3n2)CC1. The molecule has 3 aromatic heterocycles. The van der Waals surface area contributed by atoms with E-state index in [1.165, 1.54) is 0 Å². The summed E-state index contributed by atoms with van der Waals surface area (Å²) in [6, 6.07) is 10.2. The van der Waals surface area contributed by atoms with Crippen LogP contribution in [0.2, 0.25) is 0 Å². The molecule has 4 heterocycles. The lowest BCUT2D eigenvalue weighted by atomic mass is 10.1. The Kier molecular flexibility index (Phi) is 5.69. The molecule has 34 heavy (non-hydrogen) atoms. The van der Waals surface area contributed by atoms with Crippen molar-refractivity contribution >= 4 is 39.5 Å². The Bertz CT molecular complexity index is 1360. The molecule has 5 rings (SSSR count). The summed E-state index contributed by atoms with van der Waals surface area (Å²) < 4.78 is 1.81. The number of aromatic nitrogens is 4. The predicted molar refractivity (Wildman–Crippen MR) is 133 cm³/mol. The molecule has 0 radical (unpaired) electrons. The van der Waals surface area contributed by atoms with Crippen LogP contribution in [0.5, 0.6) is 5.88 Å². The van der Waals surface area contributed by atoms with Gasteiger partial charge in [0.05, 0.1) is 10.9 Å². The molecule has 1 fully saturated rings. The Balaban J connectivity index is 1.48. The topological polar surface area (TPSA) is 99.4 Å². The molecule has 9 nitrogen and oxygen atoms in total. The number of nitrogens with zero attached hydrogens (tertiary/aromatic N) is 6. The van der Waals surface area contributed by atoms with Gasteiger partial charge in [-0.25, -0.2) is 4.98 Å². The van der Waals surface area contributed by atoms with Crippen LogP contribution in [0.3, 0.4) is 0 Å². The number of fused-ring (bicyclic) bond motifs is 2. The molecule has 1 aliphatic rings. The van der Waals surface area contributed by atoms with Crippen molar-refractivity contribution in [3.63, 3.8) is 0 Å². The second-order valence-electron chi connectivity index (χ2n) is 8.97. The van der Waals surface area contributed by atoms with Gasteiger partial charge in [-0.3, -0.25) is 9.78 Å². The largest absolute Gasteiger partial charge is 0.493 e. The smallest absolute Gasteiger partial charge is 0.228 e. The molecular formula is C25H29N7O2. The zero-order chi connectivity index (χ0) is 23.8. The van der Waals surface area contributed by atoms with Crippen LogP contribution in [0, 0.1) is 0 Å². The van der Waals surface area contributed by atoms with Gasteiger partial charge in [0.1, 0.15) is 11.3 Å². The zero-order valence-corrected chi connectivity index (χ0v) is 19.7. The fourth-order valence-electron chi connectivity index (χ4n) is 4.36. The van der Waals surface area contributed by atoms with Gasteiger partial charge in [0.15, 0.2) is 0 Å². The minimum absolute atomic E-state index is 0.0778. The minimum Gasteiger partial charge on any atom is -0.493 e. The first-order valence-corrected chi connectivity index (χ1v) is 11.6. The fourth-order valence-corrected chi connectivity index (χ4v) is 4.36. The Labute approximate surface area is 198 Å². The summed E-state index contributed by atoms with van der Waals surface area (Å²) in [6.45, 7) is 8.70. The van der Waals surface area contributed by atoms with E-state index in [1.54, 1.807) is 11.5 Å². The summed E-state index contributed by atoms with van der Waals surface area (Å²) in [5.41, 5.74) is 2.52. The zero-order valence-electron chi connectivity index (χ0n) is 19.7. The number of nitrogens with one attached hydrogen (secondary N) is 1. The van der Waals surface area contributed by atoms with Crippen molar-refractivity contribution < 1.29 is 9.90 Å². The Morgan fingerprint density at radius 2 is 1.91 bits per heavy atom. The summed E-state index contributed by atoms with van der Waals surface area (Å²) in [7, 11) is 0. The highest BCUT2D eigenvalue weighted by Crippen LogP contribution is 2.34. The first kappa shape index (κ1) is 21.9. The van der Waals surface area contributed by atoms with E-state index in [-0.39, 0.29) is 17.8 Å². The predicted octanol–water partition coefficient (Wildman–Crippen LogP) is 3.55. The van der Waals surface area contributed by atoms with Crippen LogP contribution >= 0.6 is 0 Å². The highest BCUT2D eigenvalue weighted by molar-refractivity contribution is 5.94. The van der Waals surface area contributed by atoms with Crippen molar-refractivity contribution in [3.05, 3.63) is 48.3 Å². The summed E-state index contributed by atoms with van der Waals surface area (Å²) in [6.07, 6.45) is 3.76. The van der Waals surface area contributed by atoms with E-state index in [0.29, 0.717) is 50.0 Å². The lowest BCUT2D eigenvalue weighted by Gasteiger charge is -2.34. The average molecular weight is 460 g/mol. The highest BCUT2D eigenvalue weighted by Gasteiger charge is 2.24. The summed E-state index contributed by atoms with van der Waals surface area (Å²) in [5.74, 6) is 1.42. The number of carbonyl (C=O) groups is 1. The molecule has 2 N–H and O–H groups in total. The van der Waals surface area contributed by atoms with E-state index in [4.69, 9.17) is 9.97 Å². The molecule has 176 valence electrons. The maximum atomic E-state index is 11.7. The first-order valence-electron chi connectivity index (χ1n) is 11.6. The number of anilines is 2. The maximum absolute atomic E-state index is 11.7. The van der Waals surface area contributed by atoms with Gasteiger partial charge in [0.2, 0.25) is 17.7 Å². The van der Waals surface area contributed by atoms with E-state index in [0.717, 1.165) is 21.9 Å². The van der Waals surface area contributed by atoms with Crippen LogP contribution in [0.15, 0.2) is 42.7 Å². The van der Waals surface area contributed by atoms with Crippen molar-refractivity contribution in [3.8, 4) is 5.88 Å². The normalized spacial score (nSPS) is 14.4. The first-order chi connectivity index (χ1) is 16.4. The Morgan fingerprint density at radius 1 is 1.15 bits per heavy atom. The van der Waals surface area contributed by atoms with Crippen LogP contribution in [0.1, 0.15) is 32.4 Å². The number of aromatic hydroxyl groups is 1. The van der Waals surface area contributed by atoms with Gasteiger partial charge >= 0.3 is 0 Å². The molecule has 0 atom stereocenters. The Morgan fingerprint density at radius 3 is 2.65 bits per heavy atom. The number of hydrogen-bond acceptors (Lipinski definition) is 7. The van der Waals surface area contributed by atoms with Gasteiger partial charge in [0, 0.05) is 63.5 Å². The summed E-state index contributed by atoms with van der Waals surface area (Å²) in [4.78, 5) is 29.7. The minimum atomic E-state index is 0.0778. The number of hydrogen-bond donors (Lipinski definition) is 2. The second-order valence-corrected chi connectivity index (χ2v) is 8.97. The third kappa shape index (κ3) is 4.09. The quantitative estimate of drug-likeness (QED) is 0.471. The number of carbonyl (C=O) groups excluding carboxylic acids is 1. The van der Waals surface area contributed by atoms with E-state index in [2.05, 4.69) is 21.3 Å². The van der Waals surface area contributed by atoms with E-state index in [1.807, 2.05) is 55.4 Å². The lowest BCUT2D eigenvalue weighted by molar-refractivity contribution is -0.129. The monoisotopic (exact) mass is 459 g/mol. The number of rotatable bonds is 5. The van der Waals surface area contributed by atoms with Crippen LogP contribution in [-0.2, 0) is 11.3 Å². The third-order valence-corrected chi connectivity index (χ3v) is 6.33. The van der Waals surface area contributed by atoms with Crippen LogP contribution in [0.4, 0.5) is 11.8 Å². The van der Waals surface area contributed by atoms with Gasteiger partial charge < -0.3 is 24.8 Å².